The lowest BCUT2D eigenvalue weighted by atomic mass is 10.2. The number of carbonyl (C=O) groups excluding carboxylic acids is 1. The molecule has 3 N–H and O–H groups in total. The first-order chi connectivity index (χ1) is 9.54. The van der Waals surface area contributed by atoms with Crippen molar-refractivity contribution >= 4 is 35.2 Å². The number of benzene rings is 1. The molecule has 1 aromatic heterocycles. The zero-order chi connectivity index (χ0) is 14.5. The molecule has 0 spiro atoms. The summed E-state index contributed by atoms with van der Waals surface area (Å²) in [7, 11) is 0. The summed E-state index contributed by atoms with van der Waals surface area (Å²) in [5.74, 6) is -1.31. The highest BCUT2D eigenvalue weighted by atomic mass is 35.5. The molecule has 0 fully saturated rings. The van der Waals surface area contributed by atoms with Crippen LogP contribution in [-0.2, 0) is 4.79 Å². The monoisotopic (exact) mass is 290 g/mol. The summed E-state index contributed by atoms with van der Waals surface area (Å²) in [5.41, 5.74) is 1.70. The summed E-state index contributed by atoms with van der Waals surface area (Å²) in [4.78, 5) is 25.0. The fourth-order valence-electron chi connectivity index (χ4n) is 1.54. The van der Waals surface area contributed by atoms with Gasteiger partial charge in [-0.15, -0.1) is 0 Å². The van der Waals surface area contributed by atoms with Gasteiger partial charge in [-0.05, 0) is 29.8 Å². The second kappa shape index (κ2) is 6.08. The number of carboxylic acids is 1. The van der Waals surface area contributed by atoms with Gasteiger partial charge in [-0.1, -0.05) is 23.7 Å². The number of anilines is 1. The molecule has 1 heterocycles. The maximum atomic E-state index is 11.8. The van der Waals surface area contributed by atoms with Crippen molar-refractivity contribution in [2.24, 2.45) is 0 Å². The van der Waals surface area contributed by atoms with Crippen molar-refractivity contribution < 1.29 is 14.7 Å². The minimum absolute atomic E-state index is 0.300. The highest BCUT2D eigenvalue weighted by Gasteiger charge is 2.07. The van der Waals surface area contributed by atoms with E-state index in [9.17, 15) is 9.59 Å². The number of hydrogen-bond donors (Lipinski definition) is 3. The van der Waals surface area contributed by atoms with Crippen LogP contribution >= 0.6 is 11.6 Å². The van der Waals surface area contributed by atoms with E-state index >= 15 is 0 Å². The molecule has 6 heteroatoms. The Morgan fingerprint density at radius 1 is 1.25 bits per heavy atom. The highest BCUT2D eigenvalue weighted by molar-refractivity contribution is 6.31. The van der Waals surface area contributed by atoms with Crippen LogP contribution in [0.1, 0.15) is 16.1 Å². The van der Waals surface area contributed by atoms with Crippen LogP contribution in [0, 0.1) is 0 Å². The molecule has 1 amide bonds. The molecule has 0 bridgehead atoms. The standard InChI is InChI=1S/C14H11ClN2O3/c15-10-7-12(16-8-10)14(20)17-11-4-1-9(2-5-11)3-6-13(18)19/h1-8,16H,(H,17,20)(H,18,19). The summed E-state index contributed by atoms with van der Waals surface area (Å²) < 4.78 is 0. The van der Waals surface area contributed by atoms with Gasteiger partial charge < -0.3 is 15.4 Å². The van der Waals surface area contributed by atoms with E-state index in [-0.39, 0.29) is 5.91 Å². The Bertz CT molecular complexity index is 659. The average Bonchev–Trinajstić information content (AvgIpc) is 2.85. The summed E-state index contributed by atoms with van der Waals surface area (Å²) in [6, 6.07) is 8.31. The van der Waals surface area contributed by atoms with Gasteiger partial charge in [0.2, 0.25) is 0 Å². The minimum atomic E-state index is -1.01. The van der Waals surface area contributed by atoms with E-state index in [4.69, 9.17) is 16.7 Å². The molecule has 0 radical (unpaired) electrons. The molecule has 2 rings (SSSR count). The minimum Gasteiger partial charge on any atom is -0.478 e. The molecule has 2 aromatic rings. The van der Waals surface area contributed by atoms with Crippen LogP contribution in [0.15, 0.2) is 42.6 Å². The third kappa shape index (κ3) is 3.73. The van der Waals surface area contributed by atoms with E-state index < -0.39 is 5.97 Å². The van der Waals surface area contributed by atoms with E-state index in [1.54, 1.807) is 24.3 Å². The van der Waals surface area contributed by atoms with E-state index in [2.05, 4.69) is 10.3 Å². The molecule has 20 heavy (non-hydrogen) atoms. The normalized spacial score (nSPS) is 10.7. The summed E-state index contributed by atoms with van der Waals surface area (Å²) in [6.45, 7) is 0. The molecule has 0 aliphatic rings. The van der Waals surface area contributed by atoms with Gasteiger partial charge in [0, 0.05) is 18.0 Å². The smallest absolute Gasteiger partial charge is 0.328 e. The van der Waals surface area contributed by atoms with E-state index in [0.29, 0.717) is 16.4 Å². The predicted octanol–water partition coefficient (Wildman–Crippen LogP) is 3.02. The van der Waals surface area contributed by atoms with Crippen molar-refractivity contribution in [1.29, 1.82) is 0 Å². The fourth-order valence-corrected chi connectivity index (χ4v) is 1.71. The molecule has 5 nitrogen and oxygen atoms in total. The van der Waals surface area contributed by atoms with Crippen LogP contribution in [-0.4, -0.2) is 22.0 Å². The van der Waals surface area contributed by atoms with Gasteiger partial charge in [-0.3, -0.25) is 4.79 Å². The Kier molecular flexibility index (Phi) is 4.22. The third-order valence-corrected chi connectivity index (χ3v) is 2.70. The lowest BCUT2D eigenvalue weighted by Crippen LogP contribution is -2.11. The Morgan fingerprint density at radius 3 is 2.50 bits per heavy atom. The number of aromatic amines is 1. The number of nitrogens with one attached hydrogen (secondary N) is 2. The zero-order valence-electron chi connectivity index (χ0n) is 10.3. The van der Waals surface area contributed by atoms with Crippen molar-refractivity contribution in [3.05, 3.63) is 58.9 Å². The van der Waals surface area contributed by atoms with Gasteiger partial charge in [0.15, 0.2) is 0 Å². The predicted molar refractivity (Wildman–Crippen MR) is 76.9 cm³/mol. The SMILES string of the molecule is O=C(O)C=Cc1ccc(NC(=O)c2cc(Cl)c[nH]2)cc1. The van der Waals surface area contributed by atoms with Crippen LogP contribution in [0.3, 0.4) is 0 Å². The van der Waals surface area contributed by atoms with Gasteiger partial charge in [-0.25, -0.2) is 4.79 Å². The van der Waals surface area contributed by atoms with Gasteiger partial charge in [0.1, 0.15) is 5.69 Å². The summed E-state index contributed by atoms with van der Waals surface area (Å²) >= 11 is 5.72. The molecule has 0 saturated carbocycles. The number of hydrogen-bond acceptors (Lipinski definition) is 2. The van der Waals surface area contributed by atoms with Gasteiger partial charge in [0.25, 0.3) is 5.91 Å². The molecule has 0 aliphatic carbocycles. The number of H-pyrrole nitrogens is 1. The van der Waals surface area contributed by atoms with E-state index in [0.717, 1.165) is 11.6 Å². The average molecular weight is 291 g/mol. The topological polar surface area (TPSA) is 82.2 Å². The van der Waals surface area contributed by atoms with Crippen molar-refractivity contribution in [3.63, 3.8) is 0 Å². The molecule has 1 aromatic carbocycles. The first kappa shape index (κ1) is 13.9. The van der Waals surface area contributed by atoms with Gasteiger partial charge >= 0.3 is 5.97 Å². The van der Waals surface area contributed by atoms with E-state index in [1.807, 2.05) is 0 Å². The molecule has 102 valence electrons. The second-order valence-electron chi connectivity index (χ2n) is 3.98. The lowest BCUT2D eigenvalue weighted by Gasteiger charge is -2.03. The van der Waals surface area contributed by atoms with Crippen LogP contribution in [0.4, 0.5) is 5.69 Å². The van der Waals surface area contributed by atoms with Crippen LogP contribution in [0.25, 0.3) is 6.08 Å². The number of rotatable bonds is 4. The molecule has 0 unspecified atom stereocenters. The highest BCUT2D eigenvalue weighted by Crippen LogP contribution is 2.14. The van der Waals surface area contributed by atoms with Crippen molar-refractivity contribution in [3.8, 4) is 0 Å². The number of halogens is 1. The Morgan fingerprint density at radius 2 is 1.95 bits per heavy atom. The Balaban J connectivity index is 2.03. The maximum Gasteiger partial charge on any atom is 0.328 e. The number of carbonyl (C=O) groups is 2. The number of carboxylic acid groups (broad SMARTS) is 1. The molecular weight excluding hydrogens is 280 g/mol. The van der Waals surface area contributed by atoms with Gasteiger partial charge in [0.05, 0.1) is 5.02 Å². The second-order valence-corrected chi connectivity index (χ2v) is 4.42. The zero-order valence-corrected chi connectivity index (χ0v) is 11.0. The maximum absolute atomic E-state index is 11.8. The van der Waals surface area contributed by atoms with Crippen molar-refractivity contribution in [1.82, 2.24) is 4.98 Å². The Hall–Kier alpha value is -2.53. The molecule has 0 aliphatic heterocycles. The van der Waals surface area contributed by atoms with Crippen LogP contribution in [0.2, 0.25) is 5.02 Å². The summed E-state index contributed by atoms with van der Waals surface area (Å²) in [5, 5.41) is 11.7. The number of amides is 1. The number of aliphatic carboxylic acids is 1. The Labute approximate surface area is 119 Å². The van der Waals surface area contributed by atoms with Crippen LogP contribution in [0.5, 0.6) is 0 Å². The number of aromatic nitrogens is 1. The first-order valence-corrected chi connectivity index (χ1v) is 6.09. The van der Waals surface area contributed by atoms with Gasteiger partial charge in [-0.2, -0.15) is 0 Å². The quantitative estimate of drug-likeness (QED) is 0.757. The third-order valence-electron chi connectivity index (χ3n) is 2.48. The lowest BCUT2D eigenvalue weighted by molar-refractivity contribution is -0.131. The van der Waals surface area contributed by atoms with E-state index in [1.165, 1.54) is 18.3 Å². The molecule has 0 saturated heterocycles. The largest absolute Gasteiger partial charge is 0.478 e. The molecule has 0 atom stereocenters. The first-order valence-electron chi connectivity index (χ1n) is 5.71. The van der Waals surface area contributed by atoms with Crippen molar-refractivity contribution in [2.75, 3.05) is 5.32 Å². The summed E-state index contributed by atoms with van der Waals surface area (Å²) in [6.07, 6.45) is 4.05. The molecular formula is C14H11ClN2O3. The van der Waals surface area contributed by atoms with Crippen LogP contribution < -0.4 is 5.32 Å². The fraction of sp³-hybridized carbons (Fsp3) is 0. The van der Waals surface area contributed by atoms with Crippen molar-refractivity contribution in [2.45, 2.75) is 0 Å².